The van der Waals surface area contributed by atoms with Crippen LogP contribution in [0.3, 0.4) is 0 Å². The summed E-state index contributed by atoms with van der Waals surface area (Å²) in [6.45, 7) is 13.2. The summed E-state index contributed by atoms with van der Waals surface area (Å²) in [6.07, 6.45) is 0. The lowest BCUT2D eigenvalue weighted by atomic mass is 9.84. The van der Waals surface area contributed by atoms with Crippen molar-refractivity contribution in [1.29, 1.82) is 0 Å². The van der Waals surface area contributed by atoms with Crippen LogP contribution in [0.25, 0.3) is 16.7 Å². The highest BCUT2D eigenvalue weighted by Crippen LogP contribution is 2.39. The topological polar surface area (TPSA) is 50.9 Å². The van der Waals surface area contributed by atoms with Crippen LogP contribution in [0.15, 0.2) is 36.4 Å². The van der Waals surface area contributed by atoms with Gasteiger partial charge in [0.25, 0.3) is 0 Å². The molecule has 1 N–H and O–H groups in total. The number of rotatable bonds is 5. The van der Waals surface area contributed by atoms with Gasteiger partial charge in [0.15, 0.2) is 0 Å². The number of benzene rings is 2. The quantitative estimate of drug-likeness (QED) is 0.646. The van der Waals surface area contributed by atoms with Crippen molar-refractivity contribution >= 4 is 11.0 Å². The Morgan fingerprint density at radius 2 is 1.35 bits per heavy atom. The van der Waals surface area contributed by atoms with Gasteiger partial charge in [-0.2, -0.15) is 0 Å². The Hall–Kier alpha value is -2.36. The molecular formula is C22H29N3O. The third kappa shape index (κ3) is 3.33. The fourth-order valence-corrected chi connectivity index (χ4v) is 3.14. The third-order valence-corrected chi connectivity index (χ3v) is 5.66. The first kappa shape index (κ1) is 18.4. The summed E-state index contributed by atoms with van der Waals surface area (Å²) in [5, 5.41) is 20.2. The predicted octanol–water partition coefficient (Wildman–Crippen LogP) is 5.65. The third-order valence-electron chi connectivity index (χ3n) is 5.66. The highest BCUT2D eigenvalue weighted by atomic mass is 16.3. The van der Waals surface area contributed by atoms with Gasteiger partial charge < -0.3 is 5.11 Å². The highest BCUT2D eigenvalue weighted by molar-refractivity contribution is 5.73. The number of hydrogen-bond acceptors (Lipinski definition) is 3. The first-order valence-electron chi connectivity index (χ1n) is 9.48. The number of phenolic OH excluding ortho intramolecular Hbond substituents is 1. The molecule has 0 fully saturated rings. The molecule has 1 aromatic heterocycles. The van der Waals surface area contributed by atoms with E-state index in [2.05, 4.69) is 57.8 Å². The Labute approximate surface area is 155 Å². The monoisotopic (exact) mass is 351 g/mol. The molecule has 4 nitrogen and oxygen atoms in total. The van der Waals surface area contributed by atoms with Gasteiger partial charge >= 0.3 is 0 Å². The zero-order valence-electron chi connectivity index (χ0n) is 16.6. The van der Waals surface area contributed by atoms with Crippen LogP contribution in [0.2, 0.25) is 0 Å². The summed E-state index contributed by atoms with van der Waals surface area (Å²) in [5.74, 6) is 1.86. The molecular weight excluding hydrogens is 322 g/mol. The number of aromatic hydroxyl groups is 1. The molecule has 0 spiro atoms. The second kappa shape index (κ2) is 7.10. The lowest BCUT2D eigenvalue weighted by molar-refractivity contribution is 0.438. The summed E-state index contributed by atoms with van der Waals surface area (Å²) in [5.41, 5.74) is 4.51. The Balaban J connectivity index is 2.22. The maximum absolute atomic E-state index is 11.0. The molecule has 2 aromatic carbocycles. The lowest BCUT2D eigenvalue weighted by Gasteiger charge is -2.23. The van der Waals surface area contributed by atoms with E-state index in [1.807, 2.05) is 30.3 Å². The average Bonchev–Trinajstić information content (AvgIpc) is 3.04. The molecule has 26 heavy (non-hydrogen) atoms. The minimum Gasteiger partial charge on any atom is -0.505 e. The normalized spacial score (nSPS) is 14.3. The van der Waals surface area contributed by atoms with Crippen LogP contribution in [0, 0.1) is 11.8 Å². The van der Waals surface area contributed by atoms with E-state index in [9.17, 15) is 5.11 Å². The van der Waals surface area contributed by atoms with Gasteiger partial charge in [0.1, 0.15) is 22.5 Å². The van der Waals surface area contributed by atoms with Crippen molar-refractivity contribution in [3.05, 3.63) is 47.5 Å². The first-order chi connectivity index (χ1) is 12.3. The van der Waals surface area contributed by atoms with Gasteiger partial charge in [0.2, 0.25) is 0 Å². The largest absolute Gasteiger partial charge is 0.505 e. The van der Waals surface area contributed by atoms with Gasteiger partial charge in [-0.1, -0.05) is 59.7 Å². The van der Waals surface area contributed by atoms with E-state index in [1.165, 1.54) is 5.56 Å². The minimum absolute atomic E-state index is 0.248. The molecule has 1 heterocycles. The molecule has 0 radical (unpaired) electrons. The van der Waals surface area contributed by atoms with Crippen LogP contribution in [-0.2, 0) is 0 Å². The lowest BCUT2D eigenvalue weighted by Crippen LogP contribution is -2.10. The molecule has 0 amide bonds. The summed E-state index contributed by atoms with van der Waals surface area (Å²) >= 11 is 0. The average molecular weight is 351 g/mol. The second-order valence-electron chi connectivity index (χ2n) is 8.02. The number of phenols is 1. The second-order valence-corrected chi connectivity index (χ2v) is 8.02. The zero-order valence-corrected chi connectivity index (χ0v) is 16.6. The highest BCUT2D eigenvalue weighted by Gasteiger charge is 2.22. The molecule has 0 bridgehead atoms. The van der Waals surface area contributed by atoms with Crippen molar-refractivity contribution in [1.82, 2.24) is 15.0 Å². The fourth-order valence-electron chi connectivity index (χ4n) is 3.14. The molecule has 138 valence electrons. The Morgan fingerprint density at radius 3 is 1.85 bits per heavy atom. The fraction of sp³-hybridized carbons (Fsp3) is 0.455. The number of nitrogens with zero attached hydrogens (tertiary/aromatic N) is 3. The maximum atomic E-state index is 11.0. The van der Waals surface area contributed by atoms with Gasteiger partial charge in [0.05, 0.1) is 0 Å². The van der Waals surface area contributed by atoms with E-state index in [0.29, 0.717) is 23.4 Å². The van der Waals surface area contributed by atoms with Gasteiger partial charge in [0, 0.05) is 0 Å². The molecule has 3 aromatic rings. The van der Waals surface area contributed by atoms with Crippen LogP contribution in [-0.4, -0.2) is 20.1 Å². The SMILES string of the molecule is CC(C)C(C)c1cc(C(C)C(C)C)c(O)c(-n2nc3ccccc3n2)c1. The Kier molecular flexibility index (Phi) is 5.03. The smallest absolute Gasteiger partial charge is 0.146 e. The van der Waals surface area contributed by atoms with E-state index >= 15 is 0 Å². The van der Waals surface area contributed by atoms with Crippen LogP contribution in [0.4, 0.5) is 0 Å². The predicted molar refractivity (Wildman–Crippen MR) is 107 cm³/mol. The van der Waals surface area contributed by atoms with Crippen molar-refractivity contribution in [2.45, 2.75) is 53.4 Å². The Bertz CT molecular complexity index is 878. The Morgan fingerprint density at radius 1 is 0.808 bits per heavy atom. The van der Waals surface area contributed by atoms with Crippen molar-refractivity contribution in [2.24, 2.45) is 11.8 Å². The summed E-state index contributed by atoms with van der Waals surface area (Å²) in [6, 6.07) is 12.0. The van der Waals surface area contributed by atoms with E-state index in [1.54, 1.807) is 4.80 Å². The van der Waals surface area contributed by atoms with Crippen molar-refractivity contribution in [3.63, 3.8) is 0 Å². The summed E-state index contributed by atoms with van der Waals surface area (Å²) < 4.78 is 0. The molecule has 3 rings (SSSR count). The maximum Gasteiger partial charge on any atom is 0.146 e. The van der Waals surface area contributed by atoms with Crippen molar-refractivity contribution < 1.29 is 5.11 Å². The minimum atomic E-state index is 0.248. The number of hydrogen-bond donors (Lipinski definition) is 1. The molecule has 2 unspecified atom stereocenters. The van der Waals surface area contributed by atoms with E-state index < -0.39 is 0 Å². The van der Waals surface area contributed by atoms with Crippen LogP contribution in [0.1, 0.15) is 64.5 Å². The molecule has 0 aliphatic rings. The molecule has 0 saturated heterocycles. The first-order valence-corrected chi connectivity index (χ1v) is 9.48. The van der Waals surface area contributed by atoms with Gasteiger partial charge in [-0.15, -0.1) is 15.0 Å². The molecule has 4 heteroatoms. The molecule has 0 aliphatic carbocycles. The van der Waals surface area contributed by atoms with Crippen LogP contribution in [0.5, 0.6) is 5.75 Å². The molecule has 0 saturated carbocycles. The van der Waals surface area contributed by atoms with E-state index in [4.69, 9.17) is 0 Å². The van der Waals surface area contributed by atoms with Crippen LogP contribution >= 0.6 is 0 Å². The van der Waals surface area contributed by atoms with Crippen molar-refractivity contribution in [3.8, 4) is 11.4 Å². The van der Waals surface area contributed by atoms with Gasteiger partial charge in [-0.25, -0.2) is 0 Å². The molecule has 0 aliphatic heterocycles. The standard InChI is InChI=1S/C22H29N3O/c1-13(2)15(5)17-11-18(16(6)14(3)4)22(26)21(12-17)25-23-19-9-7-8-10-20(19)24-25/h7-16,26H,1-6H3. The van der Waals surface area contributed by atoms with Gasteiger partial charge in [-0.05, 0) is 53.0 Å². The molecule has 2 atom stereocenters. The van der Waals surface area contributed by atoms with Crippen LogP contribution < -0.4 is 0 Å². The van der Waals surface area contributed by atoms with E-state index in [-0.39, 0.29) is 11.7 Å². The summed E-state index contributed by atoms with van der Waals surface area (Å²) in [7, 11) is 0. The van der Waals surface area contributed by atoms with E-state index in [0.717, 1.165) is 16.6 Å². The van der Waals surface area contributed by atoms with Crippen molar-refractivity contribution in [2.75, 3.05) is 0 Å². The van der Waals surface area contributed by atoms with Gasteiger partial charge in [-0.3, -0.25) is 0 Å². The zero-order chi connectivity index (χ0) is 19.0. The number of aromatic nitrogens is 3. The number of fused-ring (bicyclic) bond motifs is 1. The summed E-state index contributed by atoms with van der Waals surface area (Å²) in [4.78, 5) is 1.58.